The van der Waals surface area contributed by atoms with E-state index in [-0.39, 0.29) is 5.97 Å². The maximum Gasteiger partial charge on any atom is 0.337 e. The predicted octanol–water partition coefficient (Wildman–Crippen LogP) is 3.82. The largest absolute Gasteiger partial charge is 0.486 e. The van der Waals surface area contributed by atoms with Gasteiger partial charge in [0.05, 0.1) is 18.4 Å². The van der Waals surface area contributed by atoms with E-state index in [9.17, 15) is 4.79 Å². The minimum atomic E-state index is -0.367. The molecule has 5 nitrogen and oxygen atoms in total. The molecule has 0 unspecified atom stereocenters. The van der Waals surface area contributed by atoms with Gasteiger partial charge in [0, 0.05) is 12.4 Å². The summed E-state index contributed by atoms with van der Waals surface area (Å²) in [5.41, 5.74) is 3.79. The first kappa shape index (κ1) is 16.6. The number of pyridine rings is 2. The second-order valence-electron chi connectivity index (χ2n) is 5.50. The number of rotatable bonds is 5. The number of carbonyl (C=O) groups is 1. The minimum Gasteiger partial charge on any atom is -0.486 e. The Labute approximate surface area is 146 Å². The molecule has 3 rings (SSSR count). The van der Waals surface area contributed by atoms with Gasteiger partial charge in [0.2, 0.25) is 0 Å². The van der Waals surface area contributed by atoms with Crippen LogP contribution in [-0.2, 0) is 11.3 Å². The van der Waals surface area contributed by atoms with Crippen molar-refractivity contribution in [2.75, 3.05) is 7.11 Å². The number of benzene rings is 1. The van der Waals surface area contributed by atoms with Crippen LogP contribution in [0.2, 0.25) is 0 Å². The summed E-state index contributed by atoms with van der Waals surface area (Å²) < 4.78 is 10.8. The lowest BCUT2D eigenvalue weighted by molar-refractivity contribution is 0.0600. The summed E-state index contributed by atoms with van der Waals surface area (Å²) in [6.07, 6.45) is 3.47. The Balaban J connectivity index is 1.86. The van der Waals surface area contributed by atoms with Crippen LogP contribution in [0.1, 0.15) is 21.5 Å². The Bertz CT molecular complexity index is 879. The number of nitrogens with zero attached hydrogens (tertiary/aromatic N) is 2. The Morgan fingerprint density at radius 1 is 1.04 bits per heavy atom. The second-order valence-corrected chi connectivity index (χ2v) is 5.50. The van der Waals surface area contributed by atoms with Crippen molar-refractivity contribution < 1.29 is 14.3 Å². The molecule has 0 aliphatic carbocycles. The number of aryl methyl sites for hydroxylation is 1. The molecule has 0 aliphatic heterocycles. The quantitative estimate of drug-likeness (QED) is 0.664. The highest BCUT2D eigenvalue weighted by Gasteiger charge is 2.13. The van der Waals surface area contributed by atoms with Gasteiger partial charge in [-0.05, 0) is 48.4 Å². The van der Waals surface area contributed by atoms with Crippen LogP contribution in [0, 0.1) is 6.92 Å². The third-order valence-electron chi connectivity index (χ3n) is 3.74. The molecule has 5 heteroatoms. The Morgan fingerprint density at radius 2 is 1.92 bits per heavy atom. The lowest BCUT2D eigenvalue weighted by atomic mass is 10.1. The number of esters is 1. The Hall–Kier alpha value is -3.21. The smallest absolute Gasteiger partial charge is 0.337 e. The highest BCUT2D eigenvalue weighted by atomic mass is 16.5. The van der Waals surface area contributed by atoms with Crippen LogP contribution in [0.4, 0.5) is 0 Å². The molecule has 0 bridgehead atoms. The van der Waals surface area contributed by atoms with Crippen LogP contribution in [0.15, 0.2) is 60.9 Å². The number of methoxy groups -OCH3 is 1. The van der Waals surface area contributed by atoms with Crippen LogP contribution in [0.25, 0.3) is 11.4 Å². The Morgan fingerprint density at radius 3 is 2.68 bits per heavy atom. The van der Waals surface area contributed by atoms with E-state index in [2.05, 4.69) is 9.97 Å². The average molecular weight is 334 g/mol. The molecule has 0 amide bonds. The molecule has 25 heavy (non-hydrogen) atoms. The fourth-order valence-electron chi connectivity index (χ4n) is 2.47. The van der Waals surface area contributed by atoms with E-state index >= 15 is 0 Å². The molecule has 0 spiro atoms. The summed E-state index contributed by atoms with van der Waals surface area (Å²) >= 11 is 0. The van der Waals surface area contributed by atoms with Crippen LogP contribution in [0.3, 0.4) is 0 Å². The number of carbonyl (C=O) groups excluding carboxylic acids is 1. The highest BCUT2D eigenvalue weighted by molar-refractivity contribution is 5.89. The Kier molecular flexibility index (Phi) is 5.04. The van der Waals surface area contributed by atoms with Crippen molar-refractivity contribution in [1.82, 2.24) is 9.97 Å². The molecule has 1 aromatic carbocycles. The maximum atomic E-state index is 11.7. The van der Waals surface area contributed by atoms with Crippen LogP contribution in [0.5, 0.6) is 5.75 Å². The normalized spacial score (nSPS) is 10.3. The van der Waals surface area contributed by atoms with Crippen LogP contribution < -0.4 is 4.74 Å². The minimum absolute atomic E-state index is 0.317. The van der Waals surface area contributed by atoms with Gasteiger partial charge >= 0.3 is 5.97 Å². The van der Waals surface area contributed by atoms with E-state index < -0.39 is 0 Å². The predicted molar refractivity (Wildman–Crippen MR) is 94.3 cm³/mol. The third-order valence-corrected chi connectivity index (χ3v) is 3.74. The van der Waals surface area contributed by atoms with Gasteiger partial charge in [-0.25, -0.2) is 4.79 Å². The average Bonchev–Trinajstić information content (AvgIpc) is 2.67. The van der Waals surface area contributed by atoms with E-state index in [0.717, 1.165) is 16.8 Å². The SMILES string of the molecule is COC(=O)c1cccc(COc2c(C)ccnc2-c2ccccn2)c1. The molecule has 3 aromatic rings. The van der Waals surface area contributed by atoms with Gasteiger partial charge in [-0.15, -0.1) is 0 Å². The van der Waals surface area contributed by atoms with Crippen molar-refractivity contribution in [1.29, 1.82) is 0 Å². The number of aromatic nitrogens is 2. The van der Waals surface area contributed by atoms with Crippen molar-refractivity contribution in [2.45, 2.75) is 13.5 Å². The van der Waals surface area contributed by atoms with Crippen molar-refractivity contribution in [3.05, 3.63) is 77.6 Å². The van der Waals surface area contributed by atoms with Gasteiger partial charge in [0.25, 0.3) is 0 Å². The van der Waals surface area contributed by atoms with Gasteiger partial charge < -0.3 is 9.47 Å². The van der Waals surface area contributed by atoms with Crippen LogP contribution >= 0.6 is 0 Å². The molecule has 0 aliphatic rings. The highest BCUT2D eigenvalue weighted by Crippen LogP contribution is 2.30. The first-order valence-corrected chi connectivity index (χ1v) is 7.86. The molecule has 0 fully saturated rings. The topological polar surface area (TPSA) is 61.3 Å². The summed E-state index contributed by atoms with van der Waals surface area (Å²) in [6, 6.07) is 14.7. The molecule has 126 valence electrons. The molecule has 0 saturated carbocycles. The van der Waals surface area contributed by atoms with Gasteiger partial charge in [0.1, 0.15) is 12.3 Å². The monoisotopic (exact) mass is 334 g/mol. The first-order valence-electron chi connectivity index (χ1n) is 7.86. The number of hydrogen-bond acceptors (Lipinski definition) is 5. The molecular weight excluding hydrogens is 316 g/mol. The van der Waals surface area contributed by atoms with Crippen molar-refractivity contribution in [3.63, 3.8) is 0 Å². The van der Waals surface area contributed by atoms with Gasteiger partial charge in [-0.1, -0.05) is 18.2 Å². The van der Waals surface area contributed by atoms with Gasteiger partial charge in [-0.2, -0.15) is 0 Å². The van der Waals surface area contributed by atoms with E-state index in [1.54, 1.807) is 30.6 Å². The van der Waals surface area contributed by atoms with Crippen molar-refractivity contribution in [3.8, 4) is 17.1 Å². The molecule has 0 saturated heterocycles. The molecule has 0 N–H and O–H groups in total. The van der Waals surface area contributed by atoms with E-state index in [4.69, 9.17) is 9.47 Å². The summed E-state index contributed by atoms with van der Waals surface area (Å²) in [4.78, 5) is 20.4. The summed E-state index contributed by atoms with van der Waals surface area (Å²) in [7, 11) is 1.36. The zero-order valence-electron chi connectivity index (χ0n) is 14.1. The van der Waals surface area contributed by atoms with E-state index in [1.807, 2.05) is 37.3 Å². The summed E-state index contributed by atoms with van der Waals surface area (Å²) in [6.45, 7) is 2.28. The number of ether oxygens (including phenoxy) is 2. The molecule has 2 aromatic heterocycles. The van der Waals surface area contributed by atoms with Crippen molar-refractivity contribution in [2.24, 2.45) is 0 Å². The number of hydrogen-bond donors (Lipinski definition) is 0. The lowest BCUT2D eigenvalue weighted by Crippen LogP contribution is -2.04. The molecule has 0 radical (unpaired) electrons. The fourth-order valence-corrected chi connectivity index (χ4v) is 2.47. The zero-order valence-corrected chi connectivity index (χ0v) is 14.1. The van der Waals surface area contributed by atoms with E-state index in [1.165, 1.54) is 7.11 Å². The second kappa shape index (κ2) is 7.57. The summed E-state index contributed by atoms with van der Waals surface area (Å²) in [5, 5.41) is 0. The lowest BCUT2D eigenvalue weighted by Gasteiger charge is -2.13. The fraction of sp³-hybridized carbons (Fsp3) is 0.150. The van der Waals surface area contributed by atoms with Crippen molar-refractivity contribution >= 4 is 5.97 Å². The summed E-state index contributed by atoms with van der Waals surface area (Å²) in [5.74, 6) is 0.318. The van der Waals surface area contributed by atoms with E-state index in [0.29, 0.717) is 23.6 Å². The molecule has 2 heterocycles. The zero-order chi connectivity index (χ0) is 17.6. The maximum absolute atomic E-state index is 11.7. The first-order chi connectivity index (χ1) is 12.2. The standard InChI is InChI=1S/C20H18N2O3/c1-14-9-11-22-18(17-8-3-4-10-21-17)19(14)25-13-15-6-5-7-16(12-15)20(23)24-2/h3-12H,13H2,1-2H3. The third kappa shape index (κ3) is 3.83. The molecule has 0 atom stereocenters. The van der Waals surface area contributed by atoms with Crippen LogP contribution in [-0.4, -0.2) is 23.0 Å². The molecular formula is C20H18N2O3. The van der Waals surface area contributed by atoms with Gasteiger partial charge in [-0.3, -0.25) is 9.97 Å². The van der Waals surface area contributed by atoms with Gasteiger partial charge in [0.15, 0.2) is 5.75 Å².